The fraction of sp³-hybridized carbons (Fsp3) is 0.500. The second kappa shape index (κ2) is 6.65. The minimum Gasteiger partial charge on any atom is -0.381 e. The van der Waals surface area contributed by atoms with E-state index < -0.39 is 0 Å². The molecule has 104 valence electrons. The van der Waals surface area contributed by atoms with Gasteiger partial charge < -0.3 is 9.64 Å². The van der Waals surface area contributed by atoms with Gasteiger partial charge in [-0.1, -0.05) is 0 Å². The Morgan fingerprint density at radius 2 is 2.16 bits per heavy atom. The standard InChI is InChI=1S/C14H17FINO2/c1-17(9-10-4-6-19-7-5-10)14(18)12-3-2-11(15)8-13(12)16/h2-3,8,10H,4-7,9H2,1H3. The highest BCUT2D eigenvalue weighted by Crippen LogP contribution is 2.19. The molecule has 0 radical (unpaired) electrons. The summed E-state index contributed by atoms with van der Waals surface area (Å²) in [4.78, 5) is 14.0. The molecule has 0 N–H and O–H groups in total. The van der Waals surface area contributed by atoms with Crippen molar-refractivity contribution in [2.75, 3.05) is 26.8 Å². The van der Waals surface area contributed by atoms with E-state index in [4.69, 9.17) is 4.74 Å². The lowest BCUT2D eigenvalue weighted by molar-refractivity contribution is 0.0497. The second-order valence-corrected chi connectivity index (χ2v) is 6.03. The molecule has 0 unspecified atom stereocenters. The molecule has 19 heavy (non-hydrogen) atoms. The third kappa shape index (κ3) is 3.89. The van der Waals surface area contributed by atoms with Crippen LogP contribution in [-0.4, -0.2) is 37.6 Å². The minimum atomic E-state index is -0.312. The van der Waals surface area contributed by atoms with E-state index in [0.717, 1.165) is 32.6 Å². The van der Waals surface area contributed by atoms with Gasteiger partial charge >= 0.3 is 0 Å². The second-order valence-electron chi connectivity index (χ2n) is 4.87. The summed E-state index contributed by atoms with van der Waals surface area (Å²) in [5, 5.41) is 0. The van der Waals surface area contributed by atoms with Crippen LogP contribution in [0.1, 0.15) is 23.2 Å². The van der Waals surface area contributed by atoms with Crippen LogP contribution in [0.5, 0.6) is 0 Å². The van der Waals surface area contributed by atoms with E-state index in [1.54, 1.807) is 18.0 Å². The molecule has 2 rings (SSSR count). The van der Waals surface area contributed by atoms with Gasteiger partial charge in [-0.05, 0) is 59.5 Å². The van der Waals surface area contributed by atoms with Crippen molar-refractivity contribution in [3.8, 4) is 0 Å². The monoisotopic (exact) mass is 377 g/mol. The zero-order chi connectivity index (χ0) is 13.8. The Morgan fingerprint density at radius 3 is 2.79 bits per heavy atom. The van der Waals surface area contributed by atoms with Crippen LogP contribution >= 0.6 is 22.6 Å². The first kappa shape index (κ1) is 14.7. The first-order valence-electron chi connectivity index (χ1n) is 6.36. The average Bonchev–Trinajstić information content (AvgIpc) is 2.39. The number of carbonyl (C=O) groups is 1. The highest BCUT2D eigenvalue weighted by atomic mass is 127. The first-order valence-corrected chi connectivity index (χ1v) is 7.44. The number of hydrogen-bond acceptors (Lipinski definition) is 2. The predicted octanol–water partition coefficient (Wildman–Crippen LogP) is 2.93. The number of ether oxygens (including phenoxy) is 1. The van der Waals surface area contributed by atoms with Crippen LogP contribution in [0, 0.1) is 15.3 Å². The SMILES string of the molecule is CN(CC1CCOCC1)C(=O)c1ccc(F)cc1I. The van der Waals surface area contributed by atoms with Gasteiger partial charge in [0.1, 0.15) is 5.82 Å². The smallest absolute Gasteiger partial charge is 0.254 e. The van der Waals surface area contributed by atoms with Crippen LogP contribution in [0.15, 0.2) is 18.2 Å². The predicted molar refractivity (Wildman–Crippen MR) is 79.6 cm³/mol. The Kier molecular flexibility index (Phi) is 5.15. The summed E-state index contributed by atoms with van der Waals surface area (Å²) in [6, 6.07) is 4.27. The van der Waals surface area contributed by atoms with Crippen molar-refractivity contribution in [2.45, 2.75) is 12.8 Å². The number of halogens is 2. The molecule has 0 spiro atoms. The van der Waals surface area contributed by atoms with Crippen LogP contribution in [0.2, 0.25) is 0 Å². The van der Waals surface area contributed by atoms with E-state index in [2.05, 4.69) is 0 Å². The molecule has 3 nitrogen and oxygen atoms in total. The van der Waals surface area contributed by atoms with Crippen molar-refractivity contribution in [1.29, 1.82) is 0 Å². The minimum absolute atomic E-state index is 0.0455. The maximum absolute atomic E-state index is 13.0. The van der Waals surface area contributed by atoms with Crippen LogP contribution < -0.4 is 0 Å². The fourth-order valence-corrected chi connectivity index (χ4v) is 2.98. The molecule has 0 aromatic heterocycles. The van der Waals surface area contributed by atoms with Crippen molar-refractivity contribution >= 4 is 28.5 Å². The topological polar surface area (TPSA) is 29.5 Å². The Labute approximate surface area is 126 Å². The maximum Gasteiger partial charge on any atom is 0.254 e. The van der Waals surface area contributed by atoms with Gasteiger partial charge in [0.05, 0.1) is 5.56 Å². The summed E-state index contributed by atoms with van der Waals surface area (Å²) in [7, 11) is 1.80. The van der Waals surface area contributed by atoms with Gasteiger partial charge in [-0.15, -0.1) is 0 Å². The lowest BCUT2D eigenvalue weighted by Crippen LogP contribution is -2.34. The molecule has 1 amide bonds. The van der Waals surface area contributed by atoms with Gasteiger partial charge in [0.2, 0.25) is 0 Å². The molecule has 1 aromatic carbocycles. The summed E-state index contributed by atoms with van der Waals surface area (Å²) in [6.45, 7) is 2.29. The number of benzene rings is 1. The molecular formula is C14H17FINO2. The van der Waals surface area contributed by atoms with Crippen molar-refractivity contribution in [1.82, 2.24) is 4.90 Å². The zero-order valence-electron chi connectivity index (χ0n) is 10.9. The Bertz CT molecular complexity index is 461. The molecule has 0 saturated carbocycles. The zero-order valence-corrected chi connectivity index (χ0v) is 13.0. The van der Waals surface area contributed by atoms with E-state index in [0.29, 0.717) is 15.1 Å². The van der Waals surface area contributed by atoms with E-state index in [9.17, 15) is 9.18 Å². The van der Waals surface area contributed by atoms with Crippen molar-refractivity contribution < 1.29 is 13.9 Å². The largest absolute Gasteiger partial charge is 0.381 e. The van der Waals surface area contributed by atoms with Crippen molar-refractivity contribution in [2.24, 2.45) is 5.92 Å². The van der Waals surface area contributed by atoms with Gasteiger partial charge in [0, 0.05) is 30.4 Å². The number of carbonyl (C=O) groups excluding carboxylic acids is 1. The van der Waals surface area contributed by atoms with E-state index in [1.165, 1.54) is 12.1 Å². The van der Waals surface area contributed by atoms with Gasteiger partial charge in [-0.25, -0.2) is 4.39 Å². The molecule has 1 heterocycles. The molecule has 0 bridgehead atoms. The number of amides is 1. The molecule has 1 fully saturated rings. The summed E-state index contributed by atoms with van der Waals surface area (Å²) < 4.78 is 19.0. The fourth-order valence-electron chi connectivity index (χ4n) is 2.27. The highest BCUT2D eigenvalue weighted by Gasteiger charge is 2.20. The Morgan fingerprint density at radius 1 is 1.47 bits per heavy atom. The third-order valence-corrected chi connectivity index (χ3v) is 4.27. The van der Waals surface area contributed by atoms with Gasteiger partial charge in [0.25, 0.3) is 5.91 Å². The number of nitrogens with zero attached hydrogens (tertiary/aromatic N) is 1. The summed E-state index contributed by atoms with van der Waals surface area (Å²) >= 11 is 2.00. The van der Waals surface area contributed by atoms with Crippen LogP contribution in [0.25, 0.3) is 0 Å². The normalized spacial score (nSPS) is 16.4. The highest BCUT2D eigenvalue weighted by molar-refractivity contribution is 14.1. The third-order valence-electron chi connectivity index (χ3n) is 3.38. The molecule has 5 heteroatoms. The van der Waals surface area contributed by atoms with Crippen molar-refractivity contribution in [3.63, 3.8) is 0 Å². The summed E-state index contributed by atoms with van der Waals surface area (Å²) in [6.07, 6.45) is 2.00. The lowest BCUT2D eigenvalue weighted by Gasteiger charge is -2.27. The van der Waals surface area contributed by atoms with E-state index in [-0.39, 0.29) is 11.7 Å². The van der Waals surface area contributed by atoms with Gasteiger partial charge in [-0.2, -0.15) is 0 Å². The molecule has 1 saturated heterocycles. The quantitative estimate of drug-likeness (QED) is 0.759. The number of rotatable bonds is 3. The first-order chi connectivity index (χ1) is 9.08. The average molecular weight is 377 g/mol. The van der Waals surface area contributed by atoms with Crippen molar-refractivity contribution in [3.05, 3.63) is 33.1 Å². The molecule has 0 aliphatic carbocycles. The summed E-state index contributed by atoms with van der Waals surface area (Å²) in [5.74, 6) is 0.143. The van der Waals surface area contributed by atoms with E-state index >= 15 is 0 Å². The molecule has 1 aliphatic heterocycles. The Hall–Kier alpha value is -0.690. The maximum atomic E-state index is 13.0. The van der Waals surface area contributed by atoms with Gasteiger partial charge in [0.15, 0.2) is 0 Å². The van der Waals surface area contributed by atoms with Gasteiger partial charge in [-0.3, -0.25) is 4.79 Å². The van der Waals surface area contributed by atoms with Crippen LogP contribution in [0.3, 0.4) is 0 Å². The van der Waals surface area contributed by atoms with Crippen LogP contribution in [-0.2, 0) is 4.74 Å². The molecule has 0 atom stereocenters. The molecular weight excluding hydrogens is 360 g/mol. The molecule has 1 aromatic rings. The van der Waals surface area contributed by atoms with E-state index in [1.807, 2.05) is 22.6 Å². The Balaban J connectivity index is 2.01. The molecule has 1 aliphatic rings. The van der Waals surface area contributed by atoms with Crippen LogP contribution in [0.4, 0.5) is 4.39 Å². The lowest BCUT2D eigenvalue weighted by atomic mass is 9.99. The summed E-state index contributed by atoms with van der Waals surface area (Å²) in [5.41, 5.74) is 0.566. The number of hydrogen-bond donors (Lipinski definition) is 0.